The average molecular weight is 432 g/mol. The molecule has 162 valence electrons. The van der Waals surface area contributed by atoms with Gasteiger partial charge in [0.1, 0.15) is 0 Å². The summed E-state index contributed by atoms with van der Waals surface area (Å²) in [7, 11) is -4.40. The molecule has 1 fully saturated rings. The van der Waals surface area contributed by atoms with Gasteiger partial charge < -0.3 is 0 Å². The molecule has 2 aliphatic heterocycles. The van der Waals surface area contributed by atoms with E-state index in [1.165, 1.54) is 0 Å². The molecule has 0 bridgehead atoms. The van der Waals surface area contributed by atoms with Gasteiger partial charge in [-0.05, 0) is 0 Å². The van der Waals surface area contributed by atoms with Crippen molar-refractivity contribution in [2.75, 3.05) is 26.4 Å². The Morgan fingerprint density at radius 2 is 1.33 bits per heavy atom. The molecular weight excluding hydrogens is 403 g/mol. The van der Waals surface area contributed by atoms with Crippen molar-refractivity contribution in [1.82, 2.24) is 0 Å². The minimum absolute atomic E-state index is 0.0296. The summed E-state index contributed by atoms with van der Waals surface area (Å²) in [4.78, 5) is 0. The van der Waals surface area contributed by atoms with Crippen molar-refractivity contribution in [2.45, 2.75) is 32.8 Å². The summed E-state index contributed by atoms with van der Waals surface area (Å²) in [6, 6.07) is 19.6. The Morgan fingerprint density at radius 1 is 0.800 bits per heavy atom. The molecule has 0 aliphatic carbocycles. The third kappa shape index (κ3) is 4.25. The minimum atomic E-state index is -4.40. The standard InChI is InChI=1S/C23H29O6P/c1-3-25-30(26-4-2,27-18-21-16-11-17-24-21)28-22(19-12-7-5-8-13-19)23(29-30)20-14-9-6-10-15-20/h5-10,12-15,21H,3-4,11,16-18H2,1-2H3. The average Bonchev–Trinajstić information content (AvgIpc) is 3.42. The van der Waals surface area contributed by atoms with Gasteiger partial charge in [-0.3, -0.25) is 0 Å². The molecule has 0 amide bonds. The van der Waals surface area contributed by atoms with Crippen LogP contribution in [0, 0.1) is 0 Å². The normalized spacial score (nSPS) is 23.4. The van der Waals surface area contributed by atoms with E-state index < -0.39 is 7.74 Å². The Bertz CT molecular complexity index is 802. The van der Waals surface area contributed by atoms with Crippen LogP contribution >= 0.6 is 7.74 Å². The first-order valence-corrected chi connectivity index (χ1v) is 12.3. The topological polar surface area (TPSA) is 55.4 Å². The number of hydrogen-bond donors (Lipinski definition) is 0. The summed E-state index contributed by atoms with van der Waals surface area (Å²) in [5.41, 5.74) is 1.73. The monoisotopic (exact) mass is 432 g/mol. The molecule has 1 atom stereocenters. The van der Waals surface area contributed by atoms with Gasteiger partial charge in [-0.25, -0.2) is 0 Å². The number of rotatable bonds is 9. The molecule has 0 N–H and O–H groups in total. The first-order valence-electron chi connectivity index (χ1n) is 10.5. The van der Waals surface area contributed by atoms with E-state index in [0.717, 1.165) is 30.6 Å². The molecule has 2 heterocycles. The summed E-state index contributed by atoms with van der Waals surface area (Å²) in [5, 5.41) is 0. The van der Waals surface area contributed by atoms with Gasteiger partial charge in [0, 0.05) is 0 Å². The van der Waals surface area contributed by atoms with Crippen molar-refractivity contribution in [3.8, 4) is 0 Å². The molecule has 2 aromatic rings. The van der Waals surface area contributed by atoms with Crippen molar-refractivity contribution in [3.05, 3.63) is 71.8 Å². The van der Waals surface area contributed by atoms with Gasteiger partial charge >= 0.3 is 178 Å². The predicted molar refractivity (Wildman–Crippen MR) is 117 cm³/mol. The zero-order chi connectivity index (χ0) is 20.9. The summed E-state index contributed by atoms with van der Waals surface area (Å²) >= 11 is 0. The van der Waals surface area contributed by atoms with E-state index in [-0.39, 0.29) is 12.7 Å². The maximum absolute atomic E-state index is 6.50. The zero-order valence-electron chi connectivity index (χ0n) is 17.5. The van der Waals surface area contributed by atoms with Crippen LogP contribution in [0.3, 0.4) is 0 Å². The number of benzene rings is 2. The van der Waals surface area contributed by atoms with Gasteiger partial charge in [0.2, 0.25) is 0 Å². The first kappa shape index (κ1) is 21.3. The van der Waals surface area contributed by atoms with Crippen LogP contribution in [0.2, 0.25) is 0 Å². The van der Waals surface area contributed by atoms with Gasteiger partial charge in [0.05, 0.1) is 0 Å². The fourth-order valence-corrected chi connectivity index (χ4v) is 6.42. The second-order valence-corrected chi connectivity index (χ2v) is 9.72. The fourth-order valence-electron chi connectivity index (χ4n) is 3.62. The van der Waals surface area contributed by atoms with Crippen LogP contribution in [-0.2, 0) is 27.4 Å². The molecule has 1 saturated heterocycles. The van der Waals surface area contributed by atoms with Crippen molar-refractivity contribution < 1.29 is 27.4 Å². The van der Waals surface area contributed by atoms with Gasteiger partial charge in [-0.2, -0.15) is 0 Å². The van der Waals surface area contributed by atoms with Crippen LogP contribution in [0.15, 0.2) is 60.7 Å². The van der Waals surface area contributed by atoms with Crippen LogP contribution in [0.5, 0.6) is 0 Å². The fraction of sp³-hybridized carbons (Fsp3) is 0.391. The molecule has 30 heavy (non-hydrogen) atoms. The summed E-state index contributed by atoms with van der Waals surface area (Å²) in [5.74, 6) is 1.10. The van der Waals surface area contributed by atoms with E-state index >= 15 is 0 Å². The van der Waals surface area contributed by atoms with E-state index in [4.69, 9.17) is 27.4 Å². The molecule has 0 spiro atoms. The third-order valence-corrected chi connectivity index (χ3v) is 7.83. The molecule has 7 heteroatoms. The molecule has 0 radical (unpaired) electrons. The second-order valence-electron chi connectivity index (χ2n) is 7.08. The number of hydrogen-bond acceptors (Lipinski definition) is 6. The number of ether oxygens (including phenoxy) is 1. The van der Waals surface area contributed by atoms with E-state index in [1.807, 2.05) is 74.5 Å². The Morgan fingerprint density at radius 3 is 1.77 bits per heavy atom. The Hall–Kier alpha value is -1.95. The second kappa shape index (κ2) is 9.04. The van der Waals surface area contributed by atoms with E-state index in [0.29, 0.717) is 24.7 Å². The summed E-state index contributed by atoms with van der Waals surface area (Å²) < 4.78 is 37.3. The van der Waals surface area contributed by atoms with Crippen LogP contribution in [0.1, 0.15) is 37.8 Å². The zero-order valence-corrected chi connectivity index (χ0v) is 18.4. The summed E-state index contributed by atoms with van der Waals surface area (Å²) in [6.07, 6.45) is 1.91. The Balaban J connectivity index is 1.76. The predicted octanol–water partition coefficient (Wildman–Crippen LogP) is 5.96. The molecule has 2 aromatic carbocycles. The van der Waals surface area contributed by atoms with E-state index in [9.17, 15) is 0 Å². The molecule has 6 nitrogen and oxygen atoms in total. The van der Waals surface area contributed by atoms with Crippen molar-refractivity contribution in [3.63, 3.8) is 0 Å². The van der Waals surface area contributed by atoms with E-state index in [1.54, 1.807) is 0 Å². The van der Waals surface area contributed by atoms with Crippen molar-refractivity contribution in [2.24, 2.45) is 0 Å². The van der Waals surface area contributed by atoms with Gasteiger partial charge in [-0.1, -0.05) is 0 Å². The molecule has 4 rings (SSSR count). The Labute approximate surface area is 178 Å². The van der Waals surface area contributed by atoms with Crippen molar-refractivity contribution in [1.29, 1.82) is 0 Å². The molecule has 1 unspecified atom stereocenters. The van der Waals surface area contributed by atoms with Crippen LogP contribution in [-0.4, -0.2) is 32.5 Å². The van der Waals surface area contributed by atoms with Crippen LogP contribution in [0.4, 0.5) is 0 Å². The van der Waals surface area contributed by atoms with Gasteiger partial charge in [0.15, 0.2) is 0 Å². The molecule has 2 aliphatic rings. The first-order chi connectivity index (χ1) is 14.7. The third-order valence-electron chi connectivity index (χ3n) is 4.93. The summed E-state index contributed by atoms with van der Waals surface area (Å²) in [6.45, 7) is 5.39. The van der Waals surface area contributed by atoms with E-state index in [2.05, 4.69) is 0 Å². The van der Waals surface area contributed by atoms with Crippen LogP contribution < -0.4 is 0 Å². The quantitative estimate of drug-likeness (QED) is 0.456. The van der Waals surface area contributed by atoms with Gasteiger partial charge in [-0.15, -0.1) is 0 Å². The molecule has 0 saturated carbocycles. The Kier molecular flexibility index (Phi) is 6.42. The molecule has 0 aromatic heterocycles. The van der Waals surface area contributed by atoms with Crippen molar-refractivity contribution >= 4 is 19.3 Å². The SMILES string of the molecule is CCOP1(OCC)(OCC2CCCO2)OC(c2ccccc2)=C(c2ccccc2)O1. The van der Waals surface area contributed by atoms with Crippen LogP contribution in [0.25, 0.3) is 11.5 Å². The maximum atomic E-state index is 6.50. The van der Waals surface area contributed by atoms with Gasteiger partial charge in [0.25, 0.3) is 0 Å². The molecular formula is C23H29O6P.